The predicted molar refractivity (Wildman–Crippen MR) is 489 cm³/mol. The molecule has 0 unspecified atom stereocenters. The van der Waals surface area contributed by atoms with Gasteiger partial charge in [0.25, 0.3) is 23.6 Å². The van der Waals surface area contributed by atoms with Gasteiger partial charge < -0.3 is 74.4 Å². The number of morpholine rings is 4. The van der Waals surface area contributed by atoms with Crippen molar-refractivity contribution in [2.24, 2.45) is 0 Å². The Morgan fingerprint density at radius 1 is 0.371 bits per heavy atom. The molecule has 35 nitrogen and oxygen atoms in total. The van der Waals surface area contributed by atoms with Crippen LogP contribution >= 0.6 is 34.8 Å². The number of amides is 4. The summed E-state index contributed by atoms with van der Waals surface area (Å²) in [7, 11) is 1.28. The summed E-state index contributed by atoms with van der Waals surface area (Å²) in [6.45, 7) is 17.6. The first-order valence-electron chi connectivity index (χ1n) is 42.3. The van der Waals surface area contributed by atoms with Gasteiger partial charge in [-0.1, -0.05) is 77.3 Å². The third kappa shape index (κ3) is 20.6. The summed E-state index contributed by atoms with van der Waals surface area (Å²) in [4.78, 5) is 92.2. The summed E-state index contributed by atoms with van der Waals surface area (Å²) < 4.78 is 80.5. The van der Waals surface area contributed by atoms with Crippen molar-refractivity contribution in [2.75, 3.05) is 147 Å². The van der Waals surface area contributed by atoms with E-state index in [0.29, 0.717) is 93.4 Å². The smallest absolute Gasteiger partial charge is 0.261 e. The summed E-state index contributed by atoms with van der Waals surface area (Å²) in [6, 6.07) is 40.6. The quantitative estimate of drug-likeness (QED) is 0.0318. The first kappa shape index (κ1) is 88.7. The van der Waals surface area contributed by atoms with Gasteiger partial charge in [-0.3, -0.25) is 59.2 Å². The first-order chi connectivity index (χ1) is 64.4. The maximum atomic E-state index is 14.3. The Bertz CT molecular complexity index is 6610. The van der Waals surface area contributed by atoms with E-state index < -0.39 is 40.7 Å². The second-order valence-electron chi connectivity index (χ2n) is 31.2. The molecule has 5 aliphatic rings. The lowest BCUT2D eigenvalue weighted by Crippen LogP contribution is -2.35. The second-order valence-corrected chi connectivity index (χ2v) is 32.5. The fraction of sp³-hybridized carbons (Fsp3) is 0.253. The number of nitrogens with one attached hydrogen (secondary N) is 12. The number of ether oxygens (including phenoxy) is 7. The largest absolute Gasteiger partial charge is 0.497 e. The highest BCUT2D eigenvalue weighted by atomic mass is 35.5. The molecule has 21 rings (SSSR count). The van der Waals surface area contributed by atoms with Gasteiger partial charge in [-0.15, -0.1) is 0 Å². The normalized spacial score (nSPS) is 15.0. The summed E-state index contributed by atoms with van der Waals surface area (Å²) in [6.07, 6.45) is 5.88. The molecule has 12 N–H and O–H groups in total. The number of hydrogen-bond acceptors (Lipinski definition) is 23. The maximum Gasteiger partial charge on any atom is 0.261 e. The summed E-state index contributed by atoms with van der Waals surface area (Å²) >= 11 is 18.3. The summed E-state index contributed by atoms with van der Waals surface area (Å²) in [5.41, 5.74) is 14.7. The SMILES string of the molecule is COc1cc(F)c(C(=O)Nc2cn[nH]c2-c2nc3ccc(CN4CCOCC4)cc3[nH]2)c(F)c1.O=C(Nc1cn[nH]c1-c1nc2ccc(CN3CCOCC3)cc2[nH]1)c1c(Cl)cccc1Cl.O=C(Nc1cn[nH]c1-c1nc2ccc(CN3CCOCC3)cc2[nH]1)c1c(F)cccc1Cl.O=C(Nc1cn[nH]c1-c1nc2ccc(CN3CCOCC3)cc2[nH]1)c1cccc2c1OCCO2. The van der Waals surface area contributed by atoms with Crippen molar-refractivity contribution in [3.63, 3.8) is 0 Å². The van der Waals surface area contributed by atoms with Crippen molar-refractivity contribution >= 4 is 125 Å². The number of methoxy groups -OCH3 is 1. The third-order valence-electron chi connectivity index (χ3n) is 22.4. The average Bonchev–Trinajstić information content (AvgIpc) is 1.71. The molecule has 0 atom stereocenters. The topological polar surface area (TPSA) is 423 Å². The monoisotopic (exact) mass is 1850 g/mol. The Morgan fingerprint density at radius 2 is 0.689 bits per heavy atom. The average molecular weight is 1860 g/mol. The molecule has 16 aromatic rings. The Kier molecular flexibility index (Phi) is 27.3. The zero-order valence-corrected chi connectivity index (χ0v) is 73.0. The third-order valence-corrected chi connectivity index (χ3v) is 23.3. The molecule has 0 aliphatic carbocycles. The Labute approximate surface area is 764 Å². The van der Waals surface area contributed by atoms with Crippen LogP contribution in [0.25, 0.3) is 90.2 Å². The number of carbonyl (C=O) groups is 4. The molecule has 41 heteroatoms. The van der Waals surface area contributed by atoms with Crippen LogP contribution in [0, 0.1) is 17.5 Å². The van der Waals surface area contributed by atoms with E-state index in [1.165, 1.54) is 60.6 Å². The number of fused-ring (bicyclic) bond motifs is 5. The minimum atomic E-state index is -1.03. The van der Waals surface area contributed by atoms with Crippen molar-refractivity contribution in [1.82, 2.24) is 100 Å². The fourth-order valence-corrected chi connectivity index (χ4v) is 16.5. The number of benzene rings is 8. The number of carbonyl (C=O) groups excluding carboxylic acids is 4. The lowest BCUT2D eigenvalue weighted by Gasteiger charge is -2.26. The van der Waals surface area contributed by atoms with Crippen molar-refractivity contribution in [3.05, 3.63) is 241 Å². The molecule has 0 radical (unpaired) electrons. The zero-order valence-electron chi connectivity index (χ0n) is 70.8. The molecule has 4 saturated heterocycles. The van der Waals surface area contributed by atoms with Gasteiger partial charge in [-0.2, -0.15) is 20.4 Å². The molecule has 5 aliphatic heterocycles. The van der Waals surface area contributed by atoms with Crippen LogP contribution < -0.4 is 35.5 Å². The van der Waals surface area contributed by atoms with Crippen LogP contribution in [0.3, 0.4) is 0 Å². The number of rotatable bonds is 21. The van der Waals surface area contributed by atoms with Gasteiger partial charge in [0.15, 0.2) is 34.8 Å². The van der Waals surface area contributed by atoms with Crippen LogP contribution in [0.15, 0.2) is 164 Å². The molecule has 8 aromatic carbocycles. The summed E-state index contributed by atoms with van der Waals surface area (Å²) in [5.74, 6) is -2.01. The number of hydrogen-bond donors (Lipinski definition) is 12. The second kappa shape index (κ2) is 40.6. The van der Waals surface area contributed by atoms with Gasteiger partial charge in [-0.05, 0) is 107 Å². The van der Waals surface area contributed by atoms with Crippen LogP contribution in [0.2, 0.25) is 15.1 Å². The number of aromatic nitrogens is 16. The van der Waals surface area contributed by atoms with E-state index in [9.17, 15) is 32.3 Å². The highest BCUT2D eigenvalue weighted by Gasteiger charge is 2.29. The Balaban J connectivity index is 0.000000118. The number of H-pyrrole nitrogens is 8. The Morgan fingerprint density at radius 3 is 1.05 bits per heavy atom. The van der Waals surface area contributed by atoms with Gasteiger partial charge in [0.1, 0.15) is 64.8 Å². The number of aromatic amines is 8. The summed E-state index contributed by atoms with van der Waals surface area (Å²) in [5, 5.41) is 39.1. The van der Waals surface area contributed by atoms with E-state index in [-0.39, 0.29) is 43.5 Å². The molecule has 4 fully saturated rings. The number of halogens is 6. The van der Waals surface area contributed by atoms with Crippen molar-refractivity contribution < 1.29 is 65.5 Å². The van der Waals surface area contributed by atoms with Crippen LogP contribution in [-0.4, -0.2) is 249 Å². The minimum absolute atomic E-state index is 0.0224. The number of nitrogens with zero attached hydrogens (tertiary/aromatic N) is 12. The maximum absolute atomic E-state index is 14.3. The minimum Gasteiger partial charge on any atom is -0.497 e. The number of imidazole rings is 4. The van der Waals surface area contributed by atoms with Gasteiger partial charge in [0.05, 0.1) is 183 Å². The van der Waals surface area contributed by atoms with E-state index in [2.05, 4.69) is 153 Å². The standard InChI is InChI=1S/C24H24N6O4.C23H22F2N6O3.C22H20Cl2N6O2.C22H20ClFN6O2/c31-24(16-2-1-3-20-22(16)34-11-10-33-20)28-19-13-25-29-21(19)23-26-17-5-4-15(12-18(17)27-23)14-30-6-8-32-9-7-30;1-33-14-9-15(24)20(16(25)10-14)23(32)29-19-11-26-30-21(19)22-27-17-3-2-13(8-18(17)28-22)12-31-4-6-34-7-5-31;2*23-14-2-1-3-15(24)19(14)22(31)28-18-11-25-29-20(18)21-26-16-5-4-13(10-17(16)27-21)12-30-6-8-32-9-7-30/h1-5,12-13H,6-11,14H2,(H,25,29)(H,26,27)(H,28,31);2-3,8-11H,4-7,12H2,1H3,(H,26,30)(H,27,28)(H,29,32);2*1-5,10-11H,6-9,12H2,(H,25,29)(H,26,27)(H,28,31). The van der Waals surface area contributed by atoms with Crippen molar-refractivity contribution in [1.29, 1.82) is 0 Å². The molecule has 132 heavy (non-hydrogen) atoms. The van der Waals surface area contributed by atoms with Crippen molar-refractivity contribution in [3.8, 4) is 63.3 Å². The molecular formula is C91H86Cl3F3N24O11. The first-order valence-corrected chi connectivity index (χ1v) is 43.4. The van der Waals surface area contributed by atoms with E-state index >= 15 is 0 Å². The predicted octanol–water partition coefficient (Wildman–Crippen LogP) is 14.3. The van der Waals surface area contributed by atoms with Gasteiger partial charge >= 0.3 is 0 Å². The van der Waals surface area contributed by atoms with Crippen LogP contribution in [-0.2, 0) is 45.1 Å². The number of para-hydroxylation sites is 1. The highest BCUT2D eigenvalue weighted by molar-refractivity contribution is 6.40. The van der Waals surface area contributed by atoms with E-state index in [1.54, 1.807) is 42.6 Å². The fourth-order valence-electron chi connectivity index (χ4n) is 15.7. The van der Waals surface area contributed by atoms with Gasteiger partial charge in [0, 0.05) is 90.7 Å². The van der Waals surface area contributed by atoms with Gasteiger partial charge in [0.2, 0.25) is 0 Å². The molecule has 4 amide bonds. The molecule has 13 heterocycles. The molecule has 0 spiro atoms. The van der Waals surface area contributed by atoms with Crippen LogP contribution in [0.1, 0.15) is 63.7 Å². The van der Waals surface area contributed by atoms with Crippen LogP contribution in [0.4, 0.5) is 35.9 Å². The van der Waals surface area contributed by atoms with Crippen molar-refractivity contribution in [2.45, 2.75) is 26.2 Å². The molecule has 0 bridgehead atoms. The lowest BCUT2D eigenvalue weighted by atomic mass is 10.1. The molecular weight excluding hydrogens is 1770 g/mol. The highest BCUT2D eigenvalue weighted by Crippen LogP contribution is 2.38. The lowest BCUT2D eigenvalue weighted by molar-refractivity contribution is 0.0341. The van der Waals surface area contributed by atoms with Gasteiger partial charge in [-0.25, -0.2) is 33.1 Å². The molecule has 8 aromatic heterocycles. The Hall–Kier alpha value is -13.9. The molecule has 0 saturated carbocycles. The van der Waals surface area contributed by atoms with E-state index in [4.69, 9.17) is 72.9 Å². The molecule has 678 valence electrons. The van der Waals surface area contributed by atoms with Crippen LogP contribution in [0.5, 0.6) is 17.2 Å². The zero-order chi connectivity index (χ0) is 90.7. The number of anilines is 4. The van der Waals surface area contributed by atoms with E-state index in [1.807, 2.05) is 36.4 Å². The van der Waals surface area contributed by atoms with E-state index in [0.717, 1.165) is 193 Å².